The van der Waals surface area contributed by atoms with Gasteiger partial charge in [0.25, 0.3) is 0 Å². The van der Waals surface area contributed by atoms with Crippen LogP contribution in [0.3, 0.4) is 0 Å². The van der Waals surface area contributed by atoms with Crippen LogP contribution in [-0.4, -0.2) is 14.8 Å². The summed E-state index contributed by atoms with van der Waals surface area (Å²) in [6, 6.07) is 4.01. The van der Waals surface area contributed by atoms with E-state index in [1.54, 1.807) is 6.20 Å². The second kappa shape index (κ2) is 4.98. The normalized spacial score (nSPS) is 10.8. The number of halogens is 1. The first-order chi connectivity index (χ1) is 8.11. The molecule has 0 fully saturated rings. The molecule has 2 N–H and O–H groups in total. The van der Waals surface area contributed by atoms with E-state index in [-0.39, 0.29) is 0 Å². The Morgan fingerprint density at radius 1 is 1.41 bits per heavy atom. The van der Waals surface area contributed by atoms with E-state index in [0.29, 0.717) is 6.54 Å². The molecule has 2 aromatic heterocycles. The molecule has 0 radical (unpaired) electrons. The number of aryl methyl sites for hydroxylation is 1. The molecule has 0 bridgehead atoms. The SMILES string of the molecule is Cc1nn(Cc2ccnc(CN)c2)c(C)c1Br. The van der Waals surface area contributed by atoms with Gasteiger partial charge in [-0.2, -0.15) is 5.10 Å². The minimum Gasteiger partial charge on any atom is -0.325 e. The maximum absolute atomic E-state index is 5.58. The summed E-state index contributed by atoms with van der Waals surface area (Å²) in [6.45, 7) is 5.25. The summed E-state index contributed by atoms with van der Waals surface area (Å²) >= 11 is 3.53. The standard InChI is InChI=1S/C12H15BrN4/c1-8-12(13)9(2)17(16-8)7-10-3-4-15-11(5-10)6-14/h3-5H,6-7,14H2,1-2H3. The molecule has 2 heterocycles. The monoisotopic (exact) mass is 294 g/mol. The summed E-state index contributed by atoms with van der Waals surface area (Å²) in [5, 5.41) is 4.48. The molecule has 0 atom stereocenters. The Morgan fingerprint density at radius 3 is 2.76 bits per heavy atom. The number of pyridine rings is 1. The topological polar surface area (TPSA) is 56.7 Å². The Balaban J connectivity index is 2.28. The van der Waals surface area contributed by atoms with Crippen LogP contribution in [0, 0.1) is 13.8 Å². The molecule has 0 saturated heterocycles. The van der Waals surface area contributed by atoms with Crippen molar-refractivity contribution in [1.82, 2.24) is 14.8 Å². The summed E-state index contributed by atoms with van der Waals surface area (Å²) in [5.41, 5.74) is 9.79. The van der Waals surface area contributed by atoms with Gasteiger partial charge in [0.15, 0.2) is 0 Å². The van der Waals surface area contributed by atoms with Crippen LogP contribution in [0.2, 0.25) is 0 Å². The predicted molar refractivity (Wildman–Crippen MR) is 70.6 cm³/mol. The van der Waals surface area contributed by atoms with Gasteiger partial charge in [-0.25, -0.2) is 0 Å². The highest BCUT2D eigenvalue weighted by molar-refractivity contribution is 9.10. The van der Waals surface area contributed by atoms with E-state index < -0.39 is 0 Å². The van der Waals surface area contributed by atoms with Crippen molar-refractivity contribution in [2.45, 2.75) is 26.9 Å². The smallest absolute Gasteiger partial charge is 0.0738 e. The summed E-state index contributed by atoms with van der Waals surface area (Å²) in [4.78, 5) is 4.18. The van der Waals surface area contributed by atoms with E-state index in [1.807, 2.05) is 23.7 Å². The summed E-state index contributed by atoms with van der Waals surface area (Å²) in [7, 11) is 0. The second-order valence-corrected chi connectivity index (χ2v) is 4.80. The van der Waals surface area contributed by atoms with Gasteiger partial charge in [-0.1, -0.05) is 0 Å². The molecule has 0 amide bonds. The van der Waals surface area contributed by atoms with Crippen LogP contribution in [0.15, 0.2) is 22.8 Å². The van der Waals surface area contributed by atoms with Crippen molar-refractivity contribution in [1.29, 1.82) is 0 Å². The fourth-order valence-corrected chi connectivity index (χ4v) is 2.02. The number of hydrogen-bond acceptors (Lipinski definition) is 3. The second-order valence-electron chi connectivity index (χ2n) is 4.00. The summed E-state index contributed by atoms with van der Waals surface area (Å²) in [6.07, 6.45) is 1.79. The van der Waals surface area contributed by atoms with E-state index >= 15 is 0 Å². The molecule has 4 nitrogen and oxygen atoms in total. The first kappa shape index (κ1) is 12.3. The van der Waals surface area contributed by atoms with Crippen molar-refractivity contribution in [2.75, 3.05) is 0 Å². The predicted octanol–water partition coefficient (Wildman–Crippen LogP) is 2.16. The molecule has 0 aromatic carbocycles. The van der Waals surface area contributed by atoms with Crippen molar-refractivity contribution in [3.8, 4) is 0 Å². The third-order valence-corrected chi connectivity index (χ3v) is 3.86. The van der Waals surface area contributed by atoms with Crippen LogP contribution in [-0.2, 0) is 13.1 Å². The Hall–Kier alpha value is -1.20. The van der Waals surface area contributed by atoms with E-state index in [4.69, 9.17) is 5.73 Å². The van der Waals surface area contributed by atoms with E-state index in [1.165, 1.54) is 5.56 Å². The largest absolute Gasteiger partial charge is 0.325 e. The Bertz CT molecular complexity index is 533. The molecular formula is C12H15BrN4. The molecule has 0 saturated carbocycles. The molecule has 5 heteroatoms. The molecule has 17 heavy (non-hydrogen) atoms. The molecule has 90 valence electrons. The van der Waals surface area contributed by atoms with E-state index in [2.05, 4.69) is 32.9 Å². The van der Waals surface area contributed by atoms with Gasteiger partial charge in [-0.3, -0.25) is 9.67 Å². The lowest BCUT2D eigenvalue weighted by Gasteiger charge is -2.05. The van der Waals surface area contributed by atoms with E-state index in [9.17, 15) is 0 Å². The van der Waals surface area contributed by atoms with Crippen LogP contribution < -0.4 is 5.73 Å². The fraction of sp³-hybridized carbons (Fsp3) is 0.333. The molecule has 2 aromatic rings. The minimum atomic E-state index is 0.467. The highest BCUT2D eigenvalue weighted by atomic mass is 79.9. The highest BCUT2D eigenvalue weighted by Crippen LogP contribution is 2.20. The first-order valence-corrected chi connectivity index (χ1v) is 6.24. The molecular weight excluding hydrogens is 280 g/mol. The average molecular weight is 295 g/mol. The van der Waals surface area contributed by atoms with Gasteiger partial charge in [0.05, 0.1) is 28.1 Å². The zero-order valence-electron chi connectivity index (χ0n) is 9.94. The zero-order valence-corrected chi connectivity index (χ0v) is 11.5. The van der Waals surface area contributed by atoms with Gasteiger partial charge < -0.3 is 5.73 Å². The molecule has 0 aliphatic rings. The summed E-state index contributed by atoms with van der Waals surface area (Å²) < 4.78 is 3.06. The molecule has 0 aliphatic heterocycles. The number of rotatable bonds is 3. The van der Waals surface area contributed by atoms with Crippen molar-refractivity contribution in [3.63, 3.8) is 0 Å². The third kappa shape index (κ3) is 2.56. The molecule has 0 spiro atoms. The fourth-order valence-electron chi connectivity index (χ4n) is 1.74. The Labute approximate surface area is 109 Å². The van der Waals surface area contributed by atoms with Gasteiger partial charge in [-0.05, 0) is 47.5 Å². The van der Waals surface area contributed by atoms with Crippen LogP contribution >= 0.6 is 15.9 Å². The Morgan fingerprint density at radius 2 is 2.18 bits per heavy atom. The van der Waals surface area contributed by atoms with Gasteiger partial charge in [0, 0.05) is 12.7 Å². The van der Waals surface area contributed by atoms with Crippen molar-refractivity contribution in [3.05, 3.63) is 45.4 Å². The molecule has 2 rings (SSSR count). The highest BCUT2D eigenvalue weighted by Gasteiger charge is 2.08. The maximum Gasteiger partial charge on any atom is 0.0738 e. The van der Waals surface area contributed by atoms with Crippen molar-refractivity contribution >= 4 is 15.9 Å². The van der Waals surface area contributed by atoms with Crippen LogP contribution in [0.25, 0.3) is 0 Å². The zero-order chi connectivity index (χ0) is 12.4. The number of aromatic nitrogens is 3. The minimum absolute atomic E-state index is 0.467. The number of nitrogens with zero attached hydrogens (tertiary/aromatic N) is 3. The number of nitrogens with two attached hydrogens (primary N) is 1. The van der Waals surface area contributed by atoms with Crippen molar-refractivity contribution < 1.29 is 0 Å². The molecule has 0 unspecified atom stereocenters. The lowest BCUT2D eigenvalue weighted by atomic mass is 10.2. The Kier molecular flexibility index (Phi) is 3.59. The average Bonchev–Trinajstić information content (AvgIpc) is 2.57. The summed E-state index contributed by atoms with van der Waals surface area (Å²) in [5.74, 6) is 0. The third-order valence-electron chi connectivity index (χ3n) is 2.72. The number of hydrogen-bond donors (Lipinski definition) is 1. The van der Waals surface area contributed by atoms with Crippen LogP contribution in [0.1, 0.15) is 22.6 Å². The quantitative estimate of drug-likeness (QED) is 0.944. The van der Waals surface area contributed by atoms with Crippen LogP contribution in [0.4, 0.5) is 0 Å². The van der Waals surface area contributed by atoms with Crippen molar-refractivity contribution in [2.24, 2.45) is 5.73 Å². The van der Waals surface area contributed by atoms with Gasteiger partial charge in [0.1, 0.15) is 0 Å². The van der Waals surface area contributed by atoms with Crippen LogP contribution in [0.5, 0.6) is 0 Å². The van der Waals surface area contributed by atoms with Gasteiger partial charge >= 0.3 is 0 Å². The van der Waals surface area contributed by atoms with Gasteiger partial charge in [0.2, 0.25) is 0 Å². The lowest BCUT2D eigenvalue weighted by molar-refractivity contribution is 0.657. The maximum atomic E-state index is 5.58. The molecule has 0 aliphatic carbocycles. The lowest BCUT2D eigenvalue weighted by Crippen LogP contribution is -2.06. The van der Waals surface area contributed by atoms with Gasteiger partial charge in [-0.15, -0.1) is 0 Å². The first-order valence-electron chi connectivity index (χ1n) is 5.45. The van der Waals surface area contributed by atoms with E-state index in [0.717, 1.165) is 28.1 Å².